The molecule has 13 heteroatoms. The van der Waals surface area contributed by atoms with Gasteiger partial charge in [0.05, 0.1) is 35.4 Å². The number of hydrogen-bond donors (Lipinski definition) is 1. The lowest BCUT2D eigenvalue weighted by Gasteiger charge is -2.40. The predicted octanol–water partition coefficient (Wildman–Crippen LogP) is 13.9. The van der Waals surface area contributed by atoms with Crippen LogP contribution in [0.25, 0.3) is 30.8 Å². The van der Waals surface area contributed by atoms with Gasteiger partial charge in [-0.05, 0) is 80.9 Å². The van der Waals surface area contributed by atoms with E-state index in [2.05, 4.69) is 83.0 Å². The van der Waals surface area contributed by atoms with Crippen LogP contribution in [0.1, 0.15) is 78.7 Å². The minimum atomic E-state index is -1.99. The van der Waals surface area contributed by atoms with Crippen molar-refractivity contribution in [3.63, 3.8) is 0 Å². The fourth-order valence-electron chi connectivity index (χ4n) is 6.32. The summed E-state index contributed by atoms with van der Waals surface area (Å²) in [5.41, 5.74) is 6.95. The van der Waals surface area contributed by atoms with E-state index in [9.17, 15) is 5.11 Å². The zero-order chi connectivity index (χ0) is 43.1. The summed E-state index contributed by atoms with van der Waals surface area (Å²) < 4.78 is 6.82. The largest absolute Gasteiger partial charge is 0.414 e. The van der Waals surface area contributed by atoms with Crippen molar-refractivity contribution < 1.29 is 9.53 Å². The van der Waals surface area contributed by atoms with Crippen LogP contribution in [0.4, 0.5) is 11.4 Å². The molecule has 59 heavy (non-hydrogen) atoms. The molecule has 4 atom stereocenters. The maximum absolute atomic E-state index is 10.3. The van der Waals surface area contributed by atoms with Gasteiger partial charge in [-0.1, -0.05) is 152 Å². The van der Waals surface area contributed by atoms with E-state index < -0.39 is 14.4 Å². The first-order valence-electron chi connectivity index (χ1n) is 19.4. The third-order valence-corrected chi connectivity index (χ3v) is 18.8. The third kappa shape index (κ3) is 11.1. The molecule has 0 aliphatic heterocycles. The Kier molecular flexibility index (Phi) is 15.4. The van der Waals surface area contributed by atoms with Gasteiger partial charge in [0.2, 0.25) is 11.4 Å². The van der Waals surface area contributed by atoms with Crippen LogP contribution >= 0.6 is 45.9 Å². The van der Waals surface area contributed by atoms with E-state index in [-0.39, 0.29) is 23.0 Å². The molecule has 0 fully saturated rings. The van der Waals surface area contributed by atoms with Gasteiger partial charge in [0.15, 0.2) is 8.32 Å². The van der Waals surface area contributed by atoms with E-state index in [1.165, 1.54) is 11.3 Å². The van der Waals surface area contributed by atoms with Crippen LogP contribution in [0.3, 0.4) is 0 Å². The van der Waals surface area contributed by atoms with E-state index >= 15 is 0 Å². The van der Waals surface area contributed by atoms with Gasteiger partial charge in [0.25, 0.3) is 0 Å². The highest BCUT2D eigenvalue weighted by Crippen LogP contribution is 2.42. The Morgan fingerprint density at radius 2 is 1.08 bits per heavy atom. The highest BCUT2D eigenvalue weighted by Gasteiger charge is 2.40. The Hall–Kier alpha value is -4.30. The molecule has 2 heterocycles. The van der Waals surface area contributed by atoms with Gasteiger partial charge in [0, 0.05) is 23.0 Å². The maximum Gasteiger partial charge on any atom is 0.205 e. The number of aliphatic hydroxyl groups excluding tert-OH is 1. The number of halogens is 2. The van der Waals surface area contributed by atoms with E-state index in [1.807, 2.05) is 80.6 Å². The van der Waals surface area contributed by atoms with Gasteiger partial charge in [0.1, 0.15) is 20.0 Å². The molecule has 0 saturated heterocycles. The van der Waals surface area contributed by atoms with Crippen LogP contribution in [0.15, 0.2) is 84.9 Å². The Bertz CT molecular complexity index is 2440. The second kappa shape index (κ2) is 19.8. The molecular formula is C46H50Cl2N6O2S2Si. The van der Waals surface area contributed by atoms with Crippen molar-refractivity contribution in [3.8, 4) is 21.1 Å². The summed E-state index contributed by atoms with van der Waals surface area (Å²) in [5.74, 6) is -0.152. The molecule has 4 aromatic carbocycles. The summed E-state index contributed by atoms with van der Waals surface area (Å²) in [6.45, 7) is 33.6. The Morgan fingerprint density at radius 1 is 0.678 bits per heavy atom. The van der Waals surface area contributed by atoms with Gasteiger partial charge in [-0.25, -0.2) is 9.69 Å². The molecule has 0 aliphatic rings. The number of aliphatic hydroxyl groups is 1. The van der Waals surface area contributed by atoms with E-state index in [1.54, 1.807) is 24.3 Å². The zero-order valence-corrected chi connectivity index (χ0v) is 39.1. The average Bonchev–Trinajstić information content (AvgIpc) is 3.91. The lowest BCUT2D eigenvalue weighted by Crippen LogP contribution is -2.44. The van der Waals surface area contributed by atoms with Crippen molar-refractivity contribution in [2.45, 2.75) is 103 Å². The zero-order valence-electron chi connectivity index (χ0n) is 34.9. The average molecular weight is 882 g/mol. The second-order valence-electron chi connectivity index (χ2n) is 16.2. The lowest BCUT2D eigenvalue weighted by molar-refractivity contribution is 0.161. The monoisotopic (exact) mass is 880 g/mol. The summed E-state index contributed by atoms with van der Waals surface area (Å²) in [6.07, 6.45) is 0.694. The molecule has 0 bridgehead atoms. The number of benzene rings is 4. The van der Waals surface area contributed by atoms with Crippen molar-refractivity contribution >= 4 is 65.6 Å². The van der Waals surface area contributed by atoms with Crippen molar-refractivity contribution in [3.05, 3.63) is 150 Å². The molecule has 0 aliphatic carbocycles. The molecule has 1 N–H and O–H groups in total. The van der Waals surface area contributed by atoms with Crippen LogP contribution in [0.5, 0.6) is 0 Å². The lowest BCUT2D eigenvalue weighted by atomic mass is 9.92. The molecule has 0 unspecified atom stereocenters. The van der Waals surface area contributed by atoms with Crippen LogP contribution in [0.2, 0.25) is 28.2 Å². The standard InChI is InChI=1S/C26H32ClN3OSSi.C20H18ClN3OS/c1-17-20(14-15-22(28-6)23(17)27)16-21(18(2)31-33(7,8)26(3,4)5)25-30-29-24(32-25)19-12-10-9-11-13-19;1-12-15(9-10-17(22-3)18(12)21)11-16(13(2)25)20-24-23-19(26-20)14-7-5-4-6-8-14/h9-15,18,21H,16H2,1-5,7-8H3;4-10,13,16,25H,11H2,1-2H3/t18-,21+;13-,16+/m00/s1. The summed E-state index contributed by atoms with van der Waals surface area (Å²) in [4.78, 5) is 6.97. The normalized spacial score (nSPS) is 13.7. The van der Waals surface area contributed by atoms with E-state index in [0.717, 1.165) is 59.8 Å². The second-order valence-corrected chi connectivity index (χ2v) is 23.7. The topological polar surface area (TPSA) is 89.7 Å². The molecule has 2 aromatic heterocycles. The number of hydrogen-bond acceptors (Lipinski definition) is 8. The van der Waals surface area contributed by atoms with Crippen LogP contribution in [0, 0.1) is 27.0 Å². The van der Waals surface area contributed by atoms with Gasteiger partial charge in [-0.3, -0.25) is 0 Å². The predicted molar refractivity (Wildman–Crippen MR) is 248 cm³/mol. The highest BCUT2D eigenvalue weighted by atomic mass is 35.5. The first-order valence-corrected chi connectivity index (χ1v) is 24.7. The van der Waals surface area contributed by atoms with Crippen molar-refractivity contribution in [2.24, 2.45) is 0 Å². The SMILES string of the molecule is [C-]#[N+]c1ccc(C[C@@H](c2nnc(-c3ccccc3)s2)[C@H](C)O)c(C)c1Cl.[C-]#[N+]c1ccc(C[C@@H](c2nnc(-c3ccccc3)s2)[C@H](C)O[Si](C)(C)C(C)(C)C)c(C)c1Cl. The molecule has 0 radical (unpaired) electrons. The molecular weight excluding hydrogens is 832 g/mol. The minimum absolute atomic E-state index is 0.0302. The van der Waals surface area contributed by atoms with Crippen LogP contribution in [-0.4, -0.2) is 46.0 Å². The first kappa shape index (κ1) is 45.8. The van der Waals surface area contributed by atoms with Gasteiger partial charge in [-0.15, -0.1) is 20.4 Å². The molecule has 0 spiro atoms. The molecule has 8 nitrogen and oxygen atoms in total. The molecule has 306 valence electrons. The quantitative estimate of drug-likeness (QED) is 0.0973. The highest BCUT2D eigenvalue weighted by molar-refractivity contribution is 7.15. The summed E-state index contributed by atoms with van der Waals surface area (Å²) in [6, 6.07) is 27.5. The van der Waals surface area contributed by atoms with Crippen LogP contribution < -0.4 is 0 Å². The smallest absolute Gasteiger partial charge is 0.205 e. The van der Waals surface area contributed by atoms with Gasteiger partial charge in [-0.2, -0.15) is 0 Å². The molecule has 0 amide bonds. The third-order valence-electron chi connectivity index (χ3n) is 11.1. The fourth-order valence-corrected chi connectivity index (χ4v) is 10.3. The fraction of sp³-hybridized carbons (Fsp3) is 0.348. The summed E-state index contributed by atoms with van der Waals surface area (Å²) in [5, 5.41) is 32.7. The van der Waals surface area contributed by atoms with E-state index in [4.69, 9.17) is 40.8 Å². The van der Waals surface area contributed by atoms with Gasteiger partial charge >= 0.3 is 0 Å². The first-order chi connectivity index (χ1) is 27.9. The Balaban J connectivity index is 0.000000230. The number of nitrogens with zero attached hydrogens (tertiary/aromatic N) is 6. The minimum Gasteiger partial charge on any atom is -0.414 e. The molecule has 6 aromatic rings. The molecule has 0 saturated carbocycles. The maximum atomic E-state index is 10.3. The number of rotatable bonds is 12. The van der Waals surface area contributed by atoms with Crippen molar-refractivity contribution in [1.82, 2.24) is 20.4 Å². The molecule has 6 rings (SSSR count). The van der Waals surface area contributed by atoms with Crippen molar-refractivity contribution in [2.75, 3.05) is 0 Å². The van der Waals surface area contributed by atoms with Gasteiger partial charge < -0.3 is 9.53 Å². The van der Waals surface area contributed by atoms with E-state index in [0.29, 0.717) is 27.8 Å². The summed E-state index contributed by atoms with van der Waals surface area (Å²) >= 11 is 15.9. The Morgan fingerprint density at radius 3 is 1.47 bits per heavy atom. The number of aromatic nitrogens is 4. The van der Waals surface area contributed by atoms with Crippen molar-refractivity contribution in [1.29, 1.82) is 0 Å². The summed E-state index contributed by atoms with van der Waals surface area (Å²) in [7, 11) is -1.99. The Labute approximate surface area is 368 Å². The van der Waals surface area contributed by atoms with Crippen LogP contribution in [-0.2, 0) is 17.3 Å².